The molecule has 0 aliphatic rings. The third kappa shape index (κ3) is 4.25. The zero-order valence-corrected chi connectivity index (χ0v) is 12.4. The number of furan rings is 1. The SMILES string of the molecule is CCCCCOc1ccn(Cc2ccc(C(=O)O)o2)c(=O)c1. The first-order valence-corrected chi connectivity index (χ1v) is 7.25. The maximum atomic E-state index is 12.0. The summed E-state index contributed by atoms with van der Waals surface area (Å²) >= 11 is 0. The monoisotopic (exact) mass is 305 g/mol. The minimum Gasteiger partial charge on any atom is -0.493 e. The highest BCUT2D eigenvalue weighted by Gasteiger charge is 2.10. The van der Waals surface area contributed by atoms with Crippen LogP contribution in [0.5, 0.6) is 5.75 Å². The van der Waals surface area contributed by atoms with Crippen LogP contribution in [0.4, 0.5) is 0 Å². The first-order valence-electron chi connectivity index (χ1n) is 7.25. The molecule has 0 aromatic carbocycles. The maximum absolute atomic E-state index is 12.0. The fraction of sp³-hybridized carbons (Fsp3) is 0.375. The van der Waals surface area contributed by atoms with E-state index in [1.807, 2.05) is 0 Å². The summed E-state index contributed by atoms with van der Waals surface area (Å²) in [7, 11) is 0. The molecule has 0 saturated carbocycles. The average molecular weight is 305 g/mol. The van der Waals surface area contributed by atoms with E-state index in [1.54, 1.807) is 18.3 Å². The van der Waals surface area contributed by atoms with Gasteiger partial charge in [0.1, 0.15) is 11.5 Å². The second-order valence-corrected chi connectivity index (χ2v) is 4.96. The predicted molar refractivity (Wildman–Crippen MR) is 80.5 cm³/mol. The molecule has 2 heterocycles. The van der Waals surface area contributed by atoms with Crippen molar-refractivity contribution in [2.75, 3.05) is 6.61 Å². The third-order valence-electron chi connectivity index (χ3n) is 3.18. The molecule has 22 heavy (non-hydrogen) atoms. The summed E-state index contributed by atoms with van der Waals surface area (Å²) in [4.78, 5) is 22.7. The molecule has 1 N–H and O–H groups in total. The van der Waals surface area contributed by atoms with Crippen LogP contribution in [-0.2, 0) is 6.54 Å². The smallest absolute Gasteiger partial charge is 0.371 e. The molecule has 0 unspecified atom stereocenters. The lowest BCUT2D eigenvalue weighted by molar-refractivity contribution is 0.0660. The third-order valence-corrected chi connectivity index (χ3v) is 3.18. The molecule has 0 atom stereocenters. The molecule has 0 aliphatic carbocycles. The Kier molecular flexibility index (Phi) is 5.41. The second kappa shape index (κ2) is 7.49. The second-order valence-electron chi connectivity index (χ2n) is 4.96. The number of pyridine rings is 1. The largest absolute Gasteiger partial charge is 0.493 e. The standard InChI is InChI=1S/C16H19NO5/c1-2-3-4-9-21-12-7-8-17(15(18)10-12)11-13-5-6-14(22-13)16(19)20/h5-8,10H,2-4,9,11H2,1H3,(H,19,20). The molecule has 2 rings (SSSR count). The van der Waals surface area contributed by atoms with E-state index in [-0.39, 0.29) is 17.9 Å². The number of rotatable bonds is 8. The Morgan fingerprint density at radius 3 is 2.77 bits per heavy atom. The molecule has 0 bridgehead atoms. The van der Waals surface area contributed by atoms with E-state index in [0.717, 1.165) is 19.3 Å². The van der Waals surface area contributed by atoms with Gasteiger partial charge >= 0.3 is 5.97 Å². The van der Waals surface area contributed by atoms with Gasteiger partial charge in [0.15, 0.2) is 0 Å². The van der Waals surface area contributed by atoms with Crippen LogP contribution in [0.2, 0.25) is 0 Å². The van der Waals surface area contributed by atoms with Crippen molar-refractivity contribution in [2.45, 2.75) is 32.7 Å². The number of hydrogen-bond acceptors (Lipinski definition) is 4. The number of carboxylic acid groups (broad SMARTS) is 1. The first kappa shape index (κ1) is 15.9. The molecular weight excluding hydrogens is 286 g/mol. The summed E-state index contributed by atoms with van der Waals surface area (Å²) in [6, 6.07) is 6.06. The molecular formula is C16H19NO5. The number of ether oxygens (including phenoxy) is 1. The van der Waals surface area contributed by atoms with Gasteiger partial charge in [-0.25, -0.2) is 4.79 Å². The highest BCUT2D eigenvalue weighted by Crippen LogP contribution is 2.11. The van der Waals surface area contributed by atoms with Crippen LogP contribution in [0, 0.1) is 0 Å². The summed E-state index contributed by atoms with van der Waals surface area (Å²) in [6.45, 7) is 2.89. The fourth-order valence-electron chi connectivity index (χ4n) is 2.00. The van der Waals surface area contributed by atoms with Gasteiger partial charge in [-0.1, -0.05) is 19.8 Å². The van der Waals surface area contributed by atoms with Crippen LogP contribution in [0.25, 0.3) is 0 Å². The first-order chi connectivity index (χ1) is 10.6. The molecule has 0 radical (unpaired) electrons. The Hall–Kier alpha value is -2.50. The van der Waals surface area contributed by atoms with Crippen molar-refractivity contribution in [2.24, 2.45) is 0 Å². The molecule has 6 nitrogen and oxygen atoms in total. The number of nitrogens with zero attached hydrogens (tertiary/aromatic N) is 1. The molecule has 0 amide bonds. The molecule has 0 saturated heterocycles. The van der Waals surface area contributed by atoms with Crippen LogP contribution in [0.1, 0.15) is 42.5 Å². The lowest BCUT2D eigenvalue weighted by Gasteiger charge is -2.07. The average Bonchev–Trinajstić information content (AvgIpc) is 2.95. The van der Waals surface area contributed by atoms with Crippen molar-refractivity contribution in [3.8, 4) is 5.75 Å². The molecule has 118 valence electrons. The van der Waals surface area contributed by atoms with Gasteiger partial charge in [-0.3, -0.25) is 4.79 Å². The number of aromatic nitrogens is 1. The Labute approximate surface area is 127 Å². The summed E-state index contributed by atoms with van der Waals surface area (Å²) in [5.41, 5.74) is -0.221. The molecule has 0 aliphatic heterocycles. The van der Waals surface area contributed by atoms with Crippen LogP contribution in [0.15, 0.2) is 39.7 Å². The van der Waals surface area contributed by atoms with E-state index in [4.69, 9.17) is 14.3 Å². The minimum atomic E-state index is -1.13. The van der Waals surface area contributed by atoms with Crippen LogP contribution < -0.4 is 10.3 Å². The topological polar surface area (TPSA) is 81.7 Å². The van der Waals surface area contributed by atoms with E-state index in [9.17, 15) is 9.59 Å². The van der Waals surface area contributed by atoms with Crippen molar-refractivity contribution < 1.29 is 19.1 Å². The normalized spacial score (nSPS) is 10.6. The fourth-order valence-corrected chi connectivity index (χ4v) is 2.00. The Morgan fingerprint density at radius 2 is 2.14 bits per heavy atom. The van der Waals surface area contributed by atoms with Crippen molar-refractivity contribution in [1.82, 2.24) is 4.57 Å². The summed E-state index contributed by atoms with van der Waals surface area (Å²) in [5.74, 6) is -0.313. The van der Waals surface area contributed by atoms with Crippen molar-refractivity contribution in [1.29, 1.82) is 0 Å². The predicted octanol–water partition coefficient (Wildman–Crippen LogP) is 2.76. The van der Waals surface area contributed by atoms with E-state index < -0.39 is 5.97 Å². The molecule has 6 heteroatoms. The van der Waals surface area contributed by atoms with Gasteiger partial charge in [-0.15, -0.1) is 0 Å². The summed E-state index contributed by atoms with van der Waals surface area (Å²) in [6.07, 6.45) is 4.79. The molecule has 2 aromatic heterocycles. The van der Waals surface area contributed by atoms with Crippen LogP contribution in [-0.4, -0.2) is 22.2 Å². The van der Waals surface area contributed by atoms with Gasteiger partial charge in [0.05, 0.1) is 13.2 Å². The summed E-state index contributed by atoms with van der Waals surface area (Å²) in [5, 5.41) is 8.80. The number of hydrogen-bond donors (Lipinski definition) is 1. The van der Waals surface area contributed by atoms with Crippen molar-refractivity contribution >= 4 is 5.97 Å². The van der Waals surface area contributed by atoms with Gasteiger partial charge in [-0.05, 0) is 24.6 Å². The van der Waals surface area contributed by atoms with Crippen molar-refractivity contribution in [3.05, 3.63) is 52.3 Å². The van der Waals surface area contributed by atoms with E-state index in [0.29, 0.717) is 18.1 Å². The molecule has 2 aromatic rings. The van der Waals surface area contributed by atoms with Gasteiger partial charge in [0, 0.05) is 12.3 Å². The van der Waals surface area contributed by atoms with Crippen LogP contribution in [0.3, 0.4) is 0 Å². The Morgan fingerprint density at radius 1 is 1.32 bits per heavy atom. The summed E-state index contributed by atoms with van der Waals surface area (Å²) < 4.78 is 12.1. The number of carbonyl (C=O) groups is 1. The zero-order valence-electron chi connectivity index (χ0n) is 12.4. The quantitative estimate of drug-likeness (QED) is 0.758. The number of aromatic carboxylic acids is 1. The van der Waals surface area contributed by atoms with E-state index in [2.05, 4.69) is 6.92 Å². The van der Waals surface area contributed by atoms with Crippen LogP contribution >= 0.6 is 0 Å². The highest BCUT2D eigenvalue weighted by atomic mass is 16.5. The number of carboxylic acids is 1. The maximum Gasteiger partial charge on any atom is 0.371 e. The van der Waals surface area contributed by atoms with Crippen molar-refractivity contribution in [3.63, 3.8) is 0 Å². The Balaban J connectivity index is 2.00. The van der Waals surface area contributed by atoms with Gasteiger partial charge < -0.3 is 18.8 Å². The lowest BCUT2D eigenvalue weighted by Crippen LogP contribution is -2.19. The van der Waals surface area contributed by atoms with E-state index in [1.165, 1.54) is 16.7 Å². The minimum absolute atomic E-state index is 0.140. The number of unbranched alkanes of at least 4 members (excludes halogenated alkanes) is 2. The van der Waals surface area contributed by atoms with Gasteiger partial charge in [-0.2, -0.15) is 0 Å². The highest BCUT2D eigenvalue weighted by molar-refractivity contribution is 5.84. The van der Waals surface area contributed by atoms with Gasteiger partial charge in [0.25, 0.3) is 5.56 Å². The zero-order chi connectivity index (χ0) is 15.9. The molecule has 0 spiro atoms. The van der Waals surface area contributed by atoms with E-state index >= 15 is 0 Å². The van der Waals surface area contributed by atoms with Gasteiger partial charge in [0.2, 0.25) is 5.76 Å². The Bertz CT molecular complexity index is 686. The molecule has 0 fully saturated rings. The lowest BCUT2D eigenvalue weighted by atomic mass is 10.3.